The third-order valence-electron chi connectivity index (χ3n) is 5.13. The first-order chi connectivity index (χ1) is 14.4. The third-order valence-corrected chi connectivity index (χ3v) is 5.87. The van der Waals surface area contributed by atoms with E-state index in [2.05, 4.69) is 9.88 Å². The fourth-order valence-corrected chi connectivity index (χ4v) is 3.90. The van der Waals surface area contributed by atoms with Gasteiger partial charge in [-0.15, -0.1) is 0 Å². The fourth-order valence-electron chi connectivity index (χ4n) is 3.58. The molecule has 4 rings (SSSR count). The van der Waals surface area contributed by atoms with Crippen LogP contribution >= 0.6 is 23.2 Å². The molecule has 0 spiro atoms. The molecule has 4 nitrogen and oxygen atoms in total. The number of aromatic nitrogens is 2. The Balaban J connectivity index is 1.69. The number of carbonyl (C=O) groups excluding carboxylic acids is 1. The van der Waals surface area contributed by atoms with Gasteiger partial charge in [0.1, 0.15) is 5.82 Å². The molecule has 0 aliphatic rings. The standard InChI is InChI=1S/C24H21Cl2N3O/c1-15-7-3-4-8-18(15)24(30)27-16(2)23-28-21-9-5-6-10-22(21)29(23)14-17-11-12-19(25)20(26)13-17/h3-13,16H,14H2,1-2H3,(H,27,30). The van der Waals surface area contributed by atoms with Crippen LogP contribution in [0.3, 0.4) is 0 Å². The van der Waals surface area contributed by atoms with Gasteiger partial charge in [0.25, 0.3) is 5.91 Å². The normalized spacial score (nSPS) is 12.1. The van der Waals surface area contributed by atoms with Gasteiger partial charge in [-0.1, -0.05) is 59.6 Å². The average Bonchev–Trinajstić information content (AvgIpc) is 3.09. The molecule has 1 N–H and O–H groups in total. The van der Waals surface area contributed by atoms with Crippen LogP contribution in [-0.2, 0) is 6.54 Å². The maximum Gasteiger partial charge on any atom is 0.252 e. The Hall–Kier alpha value is -2.82. The summed E-state index contributed by atoms with van der Waals surface area (Å²) in [5.74, 6) is 0.665. The Labute approximate surface area is 185 Å². The lowest BCUT2D eigenvalue weighted by atomic mass is 10.1. The SMILES string of the molecule is Cc1ccccc1C(=O)NC(C)c1nc2ccccc2n1Cc1ccc(Cl)c(Cl)c1. The van der Waals surface area contributed by atoms with Crippen LogP contribution < -0.4 is 5.32 Å². The van der Waals surface area contributed by atoms with Gasteiger partial charge in [0.05, 0.1) is 27.1 Å². The molecule has 1 unspecified atom stereocenters. The van der Waals surface area contributed by atoms with Gasteiger partial charge in [-0.2, -0.15) is 0 Å². The number of nitrogens with zero attached hydrogens (tertiary/aromatic N) is 2. The molecule has 0 aliphatic carbocycles. The number of benzene rings is 3. The van der Waals surface area contributed by atoms with Crippen LogP contribution in [-0.4, -0.2) is 15.5 Å². The predicted molar refractivity (Wildman–Crippen MR) is 122 cm³/mol. The molecule has 1 heterocycles. The summed E-state index contributed by atoms with van der Waals surface area (Å²) in [5, 5.41) is 4.13. The molecular weight excluding hydrogens is 417 g/mol. The van der Waals surface area contributed by atoms with Crippen molar-refractivity contribution in [2.24, 2.45) is 0 Å². The minimum Gasteiger partial charge on any atom is -0.342 e. The lowest BCUT2D eigenvalue weighted by molar-refractivity contribution is 0.0937. The molecule has 1 amide bonds. The maximum absolute atomic E-state index is 12.8. The van der Waals surface area contributed by atoms with E-state index in [0.29, 0.717) is 22.2 Å². The van der Waals surface area contributed by atoms with Crippen LogP contribution in [0.25, 0.3) is 11.0 Å². The molecule has 0 saturated heterocycles. The van der Waals surface area contributed by atoms with Crippen LogP contribution in [0.15, 0.2) is 66.7 Å². The van der Waals surface area contributed by atoms with Crippen molar-refractivity contribution in [1.29, 1.82) is 0 Å². The first-order valence-corrected chi connectivity index (χ1v) is 10.4. The number of para-hydroxylation sites is 2. The highest BCUT2D eigenvalue weighted by atomic mass is 35.5. The number of imidazole rings is 1. The van der Waals surface area contributed by atoms with Crippen molar-refractivity contribution < 1.29 is 4.79 Å². The van der Waals surface area contributed by atoms with Crippen molar-refractivity contribution in [2.75, 3.05) is 0 Å². The molecule has 0 fully saturated rings. The lowest BCUT2D eigenvalue weighted by Crippen LogP contribution is -2.29. The van der Waals surface area contributed by atoms with E-state index < -0.39 is 0 Å². The first kappa shape index (κ1) is 20.5. The van der Waals surface area contributed by atoms with E-state index in [9.17, 15) is 4.79 Å². The van der Waals surface area contributed by atoms with Crippen LogP contribution in [0.4, 0.5) is 0 Å². The molecule has 0 aliphatic heterocycles. The highest BCUT2D eigenvalue weighted by Gasteiger charge is 2.20. The Kier molecular flexibility index (Phi) is 5.80. The first-order valence-electron chi connectivity index (χ1n) is 9.69. The van der Waals surface area contributed by atoms with E-state index in [4.69, 9.17) is 28.2 Å². The van der Waals surface area contributed by atoms with Gasteiger partial charge in [0, 0.05) is 12.1 Å². The van der Waals surface area contributed by atoms with Crippen molar-refractivity contribution in [3.05, 3.63) is 99.3 Å². The Morgan fingerprint density at radius 2 is 1.77 bits per heavy atom. The van der Waals surface area contributed by atoms with E-state index >= 15 is 0 Å². The van der Waals surface area contributed by atoms with E-state index in [1.165, 1.54) is 0 Å². The second-order valence-corrected chi connectivity index (χ2v) is 8.12. The number of rotatable bonds is 5. The summed E-state index contributed by atoms with van der Waals surface area (Å²) in [6.07, 6.45) is 0. The molecule has 0 saturated carbocycles. The summed E-state index contributed by atoms with van der Waals surface area (Å²) >= 11 is 12.3. The number of halogens is 2. The molecule has 0 radical (unpaired) electrons. The highest BCUT2D eigenvalue weighted by molar-refractivity contribution is 6.42. The summed E-state index contributed by atoms with van der Waals surface area (Å²) in [6.45, 7) is 4.44. The number of nitrogens with one attached hydrogen (secondary N) is 1. The zero-order valence-electron chi connectivity index (χ0n) is 16.7. The number of hydrogen-bond donors (Lipinski definition) is 1. The van der Waals surface area contributed by atoms with Crippen molar-refractivity contribution in [3.63, 3.8) is 0 Å². The summed E-state index contributed by atoms with van der Waals surface area (Å²) in [4.78, 5) is 17.6. The summed E-state index contributed by atoms with van der Waals surface area (Å²) in [6, 6.07) is 20.8. The predicted octanol–water partition coefficient (Wildman–Crippen LogP) is 6.19. The van der Waals surface area contributed by atoms with Crippen LogP contribution in [0.5, 0.6) is 0 Å². The molecule has 6 heteroatoms. The molecule has 4 aromatic rings. The van der Waals surface area contributed by atoms with Gasteiger partial charge in [-0.3, -0.25) is 4.79 Å². The second kappa shape index (κ2) is 8.50. The van der Waals surface area contributed by atoms with Gasteiger partial charge in [-0.05, 0) is 55.3 Å². The molecular formula is C24H21Cl2N3O. The van der Waals surface area contributed by atoms with E-state index in [0.717, 1.165) is 28.0 Å². The largest absolute Gasteiger partial charge is 0.342 e. The van der Waals surface area contributed by atoms with Crippen molar-refractivity contribution >= 4 is 40.1 Å². The zero-order chi connectivity index (χ0) is 21.3. The number of fused-ring (bicyclic) bond motifs is 1. The molecule has 30 heavy (non-hydrogen) atoms. The monoisotopic (exact) mass is 437 g/mol. The molecule has 1 atom stereocenters. The highest BCUT2D eigenvalue weighted by Crippen LogP contribution is 2.26. The molecule has 152 valence electrons. The third kappa shape index (κ3) is 4.07. The van der Waals surface area contributed by atoms with Crippen molar-refractivity contribution in [1.82, 2.24) is 14.9 Å². The molecule has 0 bridgehead atoms. The van der Waals surface area contributed by atoms with Gasteiger partial charge < -0.3 is 9.88 Å². The molecule has 3 aromatic carbocycles. The van der Waals surface area contributed by atoms with Crippen molar-refractivity contribution in [3.8, 4) is 0 Å². The lowest BCUT2D eigenvalue weighted by Gasteiger charge is -2.17. The van der Waals surface area contributed by atoms with Crippen molar-refractivity contribution in [2.45, 2.75) is 26.4 Å². The quantitative estimate of drug-likeness (QED) is 0.404. The number of carbonyl (C=O) groups is 1. The summed E-state index contributed by atoms with van der Waals surface area (Å²) in [7, 11) is 0. The number of amides is 1. The molecule has 1 aromatic heterocycles. The maximum atomic E-state index is 12.8. The fraction of sp³-hybridized carbons (Fsp3) is 0.167. The minimum absolute atomic E-state index is 0.117. The topological polar surface area (TPSA) is 46.9 Å². The Bertz CT molecular complexity index is 1230. The average molecular weight is 438 g/mol. The number of aryl methyl sites for hydroxylation is 1. The Morgan fingerprint density at radius 1 is 1.03 bits per heavy atom. The van der Waals surface area contributed by atoms with Crippen LogP contribution in [0.1, 0.15) is 40.3 Å². The van der Waals surface area contributed by atoms with Gasteiger partial charge in [0.15, 0.2) is 0 Å². The Morgan fingerprint density at radius 3 is 2.53 bits per heavy atom. The van der Waals surface area contributed by atoms with E-state index in [1.54, 1.807) is 6.07 Å². The van der Waals surface area contributed by atoms with E-state index in [-0.39, 0.29) is 11.9 Å². The summed E-state index contributed by atoms with van der Waals surface area (Å²) in [5.41, 5.74) is 4.48. The van der Waals surface area contributed by atoms with E-state index in [1.807, 2.05) is 74.5 Å². The second-order valence-electron chi connectivity index (χ2n) is 7.30. The number of hydrogen-bond acceptors (Lipinski definition) is 2. The van der Waals surface area contributed by atoms with Gasteiger partial charge in [0.2, 0.25) is 0 Å². The minimum atomic E-state index is -0.285. The van der Waals surface area contributed by atoms with Gasteiger partial charge >= 0.3 is 0 Å². The van der Waals surface area contributed by atoms with Gasteiger partial charge in [-0.25, -0.2) is 4.98 Å². The van der Waals surface area contributed by atoms with Crippen LogP contribution in [0, 0.1) is 6.92 Å². The van der Waals surface area contributed by atoms with Crippen LogP contribution in [0.2, 0.25) is 10.0 Å². The summed E-state index contributed by atoms with van der Waals surface area (Å²) < 4.78 is 2.11. The zero-order valence-corrected chi connectivity index (χ0v) is 18.2. The smallest absolute Gasteiger partial charge is 0.252 e.